The van der Waals surface area contributed by atoms with Crippen LogP contribution in [-0.4, -0.2) is 76.7 Å². The van der Waals surface area contributed by atoms with E-state index in [1.807, 2.05) is 24.3 Å². The zero-order chi connectivity index (χ0) is 44.7. The van der Waals surface area contributed by atoms with Crippen LogP contribution in [0.2, 0.25) is 0 Å². The summed E-state index contributed by atoms with van der Waals surface area (Å²) in [5.74, 6) is 26.6. The first-order valence-electron chi connectivity index (χ1n) is 20.1. The van der Waals surface area contributed by atoms with E-state index in [2.05, 4.69) is 178 Å². The van der Waals surface area contributed by atoms with Gasteiger partial charge in [-0.3, -0.25) is 9.80 Å². The van der Waals surface area contributed by atoms with Gasteiger partial charge in [-0.05, 0) is 47.3 Å². The van der Waals surface area contributed by atoms with Crippen LogP contribution in [0.15, 0.2) is 146 Å². The summed E-state index contributed by atoms with van der Waals surface area (Å²) >= 11 is 0. The monoisotopic (exact) mass is 856 g/mol. The Balaban J connectivity index is 0.000000918. The Hall–Kier alpha value is -5.99. The first-order chi connectivity index (χ1) is 29.8. The molecule has 0 aromatic heterocycles. The number of nitrogens with one attached hydrogen (secondary N) is 2. The van der Waals surface area contributed by atoms with Gasteiger partial charge in [0.25, 0.3) is 0 Å². The highest BCUT2D eigenvalue weighted by molar-refractivity contribution is 6.50. The molecule has 0 aliphatic carbocycles. The van der Waals surface area contributed by atoms with E-state index in [0.29, 0.717) is 13.1 Å². The van der Waals surface area contributed by atoms with Crippen molar-refractivity contribution in [3.63, 3.8) is 0 Å². The van der Waals surface area contributed by atoms with Crippen LogP contribution in [0.5, 0.6) is 0 Å². The van der Waals surface area contributed by atoms with Gasteiger partial charge in [0.2, 0.25) is 0 Å². The van der Waals surface area contributed by atoms with Crippen molar-refractivity contribution in [2.45, 2.75) is 26.2 Å². The molecular weight excluding hydrogens is 806 g/mol. The fraction of sp³-hybridized carbons (Fsp3) is 0.250. The number of hydrogen-bond acceptors (Lipinski definition) is 2. The number of benzene rings is 4. The lowest BCUT2D eigenvalue weighted by Crippen LogP contribution is -3.11. The number of rotatable bonds is 8. The second kappa shape index (κ2) is 29.3. The Morgan fingerprint density at radius 3 is 0.984 bits per heavy atom. The van der Waals surface area contributed by atoms with Crippen LogP contribution in [0.25, 0.3) is 0 Å². The first-order valence-corrected chi connectivity index (χ1v) is 20.1. The smallest absolute Gasteiger partial charge is 0.418 e. The van der Waals surface area contributed by atoms with Crippen LogP contribution in [0.4, 0.5) is 34.5 Å². The molecule has 1 aliphatic rings. The maximum atomic E-state index is 9.75. The molecule has 0 spiro atoms. The van der Waals surface area contributed by atoms with E-state index in [4.69, 9.17) is 0 Å². The minimum atomic E-state index is -6.00. The van der Waals surface area contributed by atoms with Crippen LogP contribution in [0.1, 0.15) is 22.3 Å². The fourth-order valence-corrected chi connectivity index (χ4v) is 6.06. The van der Waals surface area contributed by atoms with E-state index < -0.39 is 14.5 Å². The molecule has 2 N–H and O–H groups in total. The highest BCUT2D eigenvalue weighted by Crippen LogP contribution is 2.08. The molecule has 0 fully saturated rings. The van der Waals surface area contributed by atoms with Crippen molar-refractivity contribution >= 4 is 14.5 Å². The molecule has 4 aromatic rings. The van der Waals surface area contributed by atoms with E-state index in [1.165, 1.54) is 32.1 Å². The third-order valence-corrected chi connectivity index (χ3v) is 8.85. The highest BCUT2D eigenvalue weighted by Gasteiger charge is 2.21. The molecule has 62 heavy (non-hydrogen) atoms. The van der Waals surface area contributed by atoms with Crippen LogP contribution in [0, 0.1) is 47.4 Å². The van der Waals surface area contributed by atoms with Gasteiger partial charge in [-0.25, -0.2) is 0 Å². The maximum absolute atomic E-state index is 9.75. The molecule has 324 valence electrons. The largest absolute Gasteiger partial charge is 0.673 e. The van der Waals surface area contributed by atoms with Gasteiger partial charge in [-0.15, -0.1) is 0 Å². The van der Waals surface area contributed by atoms with Gasteiger partial charge < -0.3 is 44.3 Å². The molecule has 0 saturated heterocycles. The summed E-state index contributed by atoms with van der Waals surface area (Å²) in [6, 6.07) is 42.7. The summed E-state index contributed by atoms with van der Waals surface area (Å²) in [7, 11) is -12.0. The Morgan fingerprint density at radius 1 is 0.403 bits per heavy atom. The number of nitrogens with zero attached hydrogens (tertiary/aromatic N) is 2. The molecule has 0 radical (unpaired) electrons. The minimum absolute atomic E-state index is 0.687. The van der Waals surface area contributed by atoms with Crippen molar-refractivity contribution < 1.29 is 44.3 Å². The Labute approximate surface area is 361 Å². The van der Waals surface area contributed by atoms with E-state index in [1.54, 1.807) is 0 Å². The third kappa shape index (κ3) is 27.7. The van der Waals surface area contributed by atoms with Crippen molar-refractivity contribution in [1.82, 2.24) is 9.80 Å². The van der Waals surface area contributed by atoms with Gasteiger partial charge in [0.15, 0.2) is 0 Å². The average molecular weight is 857 g/mol. The van der Waals surface area contributed by atoms with E-state index in [0.717, 1.165) is 65.4 Å². The number of allylic oxidation sites excluding steroid dienone is 4. The Morgan fingerprint density at radius 2 is 0.677 bits per heavy atom. The summed E-state index contributed by atoms with van der Waals surface area (Å²) in [6.45, 7) is 10.2. The molecule has 5 rings (SSSR count). The fourth-order valence-electron chi connectivity index (χ4n) is 6.06. The molecule has 1 aliphatic heterocycles. The summed E-state index contributed by atoms with van der Waals surface area (Å²) in [6.07, 6.45) is 7.56. The third-order valence-electron chi connectivity index (χ3n) is 8.85. The second-order valence-electron chi connectivity index (χ2n) is 14.0. The second-order valence-corrected chi connectivity index (χ2v) is 14.0. The SMILES string of the molecule is C1#CCN(Cc2ccccc2)CC[NH+](Cc2ccccc2)CC#C/C=C\C#CCN(Cc2ccccc2)CC[NH+](Cc2ccccc2)CC#C/C=C\1.F[B-](F)(F)F.F[B-](F)(F)F. The summed E-state index contributed by atoms with van der Waals surface area (Å²) < 4.78 is 78.0. The van der Waals surface area contributed by atoms with Crippen LogP contribution in [0.3, 0.4) is 0 Å². The van der Waals surface area contributed by atoms with Gasteiger partial charge >= 0.3 is 14.5 Å². The predicted octanol–water partition coefficient (Wildman–Crippen LogP) is 6.90. The highest BCUT2D eigenvalue weighted by atomic mass is 19.5. The molecule has 4 nitrogen and oxygen atoms in total. The van der Waals surface area contributed by atoms with Crippen molar-refractivity contribution in [2.24, 2.45) is 0 Å². The minimum Gasteiger partial charge on any atom is -0.418 e. The lowest BCUT2D eigenvalue weighted by atomic mass is 10.2. The Bertz CT molecular complexity index is 1850. The van der Waals surface area contributed by atoms with E-state index in [-0.39, 0.29) is 0 Å². The van der Waals surface area contributed by atoms with E-state index >= 15 is 0 Å². The number of halogens is 8. The molecule has 0 bridgehead atoms. The van der Waals surface area contributed by atoms with Gasteiger partial charge in [-0.1, -0.05) is 157 Å². The molecule has 0 amide bonds. The molecule has 4 aromatic carbocycles. The molecule has 1 heterocycles. The van der Waals surface area contributed by atoms with Gasteiger partial charge in [0, 0.05) is 37.3 Å². The Kier molecular flexibility index (Phi) is 23.8. The quantitative estimate of drug-likeness (QED) is 0.114. The summed E-state index contributed by atoms with van der Waals surface area (Å²) in [4.78, 5) is 7.71. The van der Waals surface area contributed by atoms with Crippen LogP contribution >= 0.6 is 0 Å². The molecular formula is C48H50B2F8N4. The van der Waals surface area contributed by atoms with E-state index in [9.17, 15) is 34.5 Å². The van der Waals surface area contributed by atoms with Crippen LogP contribution in [-0.2, 0) is 26.2 Å². The average Bonchev–Trinajstić information content (AvgIpc) is 3.23. The zero-order valence-electron chi connectivity index (χ0n) is 34.4. The van der Waals surface area contributed by atoms with Crippen molar-refractivity contribution in [1.29, 1.82) is 0 Å². The standard InChI is InChI=1S/C48H48N4.2BF4/c1-2-6-22-34-50(42-46-27-15-10-16-28-46)39-40-52(44-48-31-19-12-20-32-48)36-24-8-4-3-7-23-35-51(43-47-29-17-11-18-30-47)38-37-49(33-21-5-1)41-45-25-13-9-14-26-45;2*2-1(3,4)5/h1-4,9-20,25-32H,33-44H2;;/q;2*-1/p+2/b2-1-,4-3-;;. The maximum Gasteiger partial charge on any atom is 0.673 e. The topological polar surface area (TPSA) is 15.4 Å². The van der Waals surface area contributed by atoms with Crippen LogP contribution < -0.4 is 9.80 Å². The normalized spacial score (nSPS) is 17.9. The van der Waals surface area contributed by atoms with Crippen molar-refractivity contribution in [2.75, 3.05) is 52.4 Å². The zero-order valence-corrected chi connectivity index (χ0v) is 34.4. The van der Waals surface area contributed by atoms with Gasteiger partial charge in [-0.2, -0.15) is 0 Å². The predicted molar refractivity (Wildman–Crippen MR) is 235 cm³/mol. The van der Waals surface area contributed by atoms with Crippen molar-refractivity contribution in [3.05, 3.63) is 168 Å². The molecule has 0 saturated carbocycles. The molecule has 2 unspecified atom stereocenters. The number of hydrogen-bond donors (Lipinski definition) is 2. The van der Waals surface area contributed by atoms with Gasteiger partial charge in [0.05, 0.1) is 26.2 Å². The number of quaternary nitrogens is 2. The molecule has 2 atom stereocenters. The first kappa shape index (κ1) is 50.4. The lowest BCUT2D eigenvalue weighted by Gasteiger charge is -2.23. The molecule has 14 heteroatoms. The lowest BCUT2D eigenvalue weighted by molar-refractivity contribution is -0.906. The van der Waals surface area contributed by atoms with Crippen molar-refractivity contribution in [3.8, 4) is 47.4 Å². The summed E-state index contributed by atoms with van der Waals surface area (Å²) in [5, 5.41) is 0. The summed E-state index contributed by atoms with van der Waals surface area (Å²) in [5.41, 5.74) is 5.22. The van der Waals surface area contributed by atoms with Gasteiger partial charge in [0.1, 0.15) is 26.2 Å².